The van der Waals surface area contributed by atoms with Gasteiger partial charge in [-0.2, -0.15) is 5.10 Å². The highest BCUT2D eigenvalue weighted by molar-refractivity contribution is 6.31. The molecule has 0 radical (unpaired) electrons. The Balaban J connectivity index is 1.38. The van der Waals surface area contributed by atoms with Crippen LogP contribution in [0.25, 0.3) is 11.8 Å². The molecule has 1 N–H and O–H groups in total. The molecule has 0 aliphatic carbocycles. The van der Waals surface area contributed by atoms with E-state index in [1.54, 1.807) is 25.1 Å². The number of fused-ring (bicyclic) bond motifs is 1. The van der Waals surface area contributed by atoms with Crippen LogP contribution in [0.15, 0.2) is 54.6 Å². The molecule has 0 spiro atoms. The zero-order valence-corrected chi connectivity index (χ0v) is 16.9. The molecule has 0 fully saturated rings. The van der Waals surface area contributed by atoms with E-state index in [4.69, 9.17) is 21.1 Å². The summed E-state index contributed by atoms with van der Waals surface area (Å²) in [5.41, 5.74) is 1.89. The molecular weight excluding hydrogens is 409 g/mol. The van der Waals surface area contributed by atoms with E-state index in [1.807, 2.05) is 24.3 Å². The minimum absolute atomic E-state index is 0.274. The molecule has 6 nitrogen and oxygen atoms in total. The van der Waals surface area contributed by atoms with Crippen LogP contribution in [0.3, 0.4) is 0 Å². The summed E-state index contributed by atoms with van der Waals surface area (Å²) >= 11 is 6.42. The topological polar surface area (TPSA) is 65.4 Å². The number of nitrogens with one attached hydrogen (secondary N) is 1. The van der Waals surface area contributed by atoms with Crippen LogP contribution in [-0.2, 0) is 4.79 Å². The third kappa shape index (κ3) is 4.31. The molecule has 1 amide bonds. The number of ether oxygens (including phenoxy) is 2. The third-order valence-corrected chi connectivity index (χ3v) is 4.96. The highest BCUT2D eigenvalue weighted by atomic mass is 35.5. The minimum Gasteiger partial charge on any atom is -0.486 e. The molecule has 154 valence electrons. The van der Waals surface area contributed by atoms with Crippen LogP contribution >= 0.6 is 11.6 Å². The fourth-order valence-electron chi connectivity index (χ4n) is 3.05. The quantitative estimate of drug-likeness (QED) is 0.626. The molecular formula is C22H19ClFN3O3. The third-order valence-electron chi connectivity index (χ3n) is 4.59. The zero-order chi connectivity index (χ0) is 21.1. The van der Waals surface area contributed by atoms with Gasteiger partial charge in [-0.15, -0.1) is 0 Å². The Bertz CT molecular complexity index is 1100. The van der Waals surface area contributed by atoms with Gasteiger partial charge in [0.1, 0.15) is 23.7 Å². The van der Waals surface area contributed by atoms with Crippen molar-refractivity contribution in [2.45, 2.75) is 13.0 Å². The van der Waals surface area contributed by atoms with Gasteiger partial charge in [0.25, 0.3) is 0 Å². The molecule has 30 heavy (non-hydrogen) atoms. The number of hydrogen-bond acceptors (Lipinski definition) is 4. The van der Waals surface area contributed by atoms with E-state index < -0.39 is 0 Å². The Morgan fingerprint density at radius 3 is 2.77 bits per heavy atom. The first-order chi connectivity index (χ1) is 14.5. The number of halogens is 2. The van der Waals surface area contributed by atoms with Gasteiger partial charge in [-0.1, -0.05) is 23.7 Å². The maximum absolute atomic E-state index is 13.1. The van der Waals surface area contributed by atoms with Crippen molar-refractivity contribution in [3.63, 3.8) is 0 Å². The highest BCUT2D eigenvalue weighted by Crippen LogP contribution is 2.30. The molecule has 8 heteroatoms. The van der Waals surface area contributed by atoms with E-state index in [1.165, 1.54) is 22.9 Å². The maximum atomic E-state index is 13.1. The van der Waals surface area contributed by atoms with Crippen molar-refractivity contribution in [2.75, 3.05) is 13.2 Å². The lowest BCUT2D eigenvalue weighted by Crippen LogP contribution is -2.40. The number of aryl methyl sites for hydroxylation is 1. The van der Waals surface area contributed by atoms with Crippen molar-refractivity contribution in [3.05, 3.63) is 76.8 Å². The summed E-state index contributed by atoms with van der Waals surface area (Å²) in [5.74, 6) is 0.728. The van der Waals surface area contributed by atoms with E-state index in [0.29, 0.717) is 46.7 Å². The number of nitrogens with zero attached hydrogens (tertiary/aromatic N) is 2. The molecule has 3 aromatic rings. The van der Waals surface area contributed by atoms with Crippen LogP contribution in [0.1, 0.15) is 11.3 Å². The second-order valence-electron chi connectivity index (χ2n) is 6.75. The van der Waals surface area contributed by atoms with Crippen molar-refractivity contribution in [1.82, 2.24) is 15.1 Å². The summed E-state index contributed by atoms with van der Waals surface area (Å²) in [7, 11) is 0. The number of aromatic nitrogens is 2. The number of carbonyl (C=O) groups excluding carboxylic acids is 1. The largest absolute Gasteiger partial charge is 0.486 e. The number of rotatable bonds is 5. The smallest absolute Gasteiger partial charge is 0.244 e. The molecule has 2 aromatic carbocycles. The molecule has 0 saturated heterocycles. The average molecular weight is 428 g/mol. The fraction of sp³-hybridized carbons (Fsp3) is 0.182. The van der Waals surface area contributed by atoms with Crippen LogP contribution in [0.5, 0.6) is 11.5 Å². The van der Waals surface area contributed by atoms with E-state index in [0.717, 1.165) is 0 Å². The van der Waals surface area contributed by atoms with Crippen molar-refractivity contribution in [3.8, 4) is 17.2 Å². The van der Waals surface area contributed by atoms with Gasteiger partial charge in [0.2, 0.25) is 5.91 Å². The molecule has 1 atom stereocenters. The summed E-state index contributed by atoms with van der Waals surface area (Å²) in [6.45, 7) is 2.45. The van der Waals surface area contributed by atoms with Gasteiger partial charge >= 0.3 is 0 Å². The Hall–Kier alpha value is -3.32. The zero-order valence-electron chi connectivity index (χ0n) is 16.1. The molecule has 1 aromatic heterocycles. The van der Waals surface area contributed by atoms with Crippen molar-refractivity contribution >= 4 is 23.6 Å². The molecule has 1 unspecified atom stereocenters. The second-order valence-corrected chi connectivity index (χ2v) is 7.11. The lowest BCUT2D eigenvalue weighted by molar-refractivity contribution is -0.116. The van der Waals surface area contributed by atoms with Crippen LogP contribution < -0.4 is 14.8 Å². The molecule has 0 bridgehead atoms. The Labute approximate surface area is 177 Å². The standard InChI is InChI=1S/C22H19ClFN3O3/c1-14-18(22(23)27(26-14)16-8-6-15(24)7-9-16)10-11-21(28)25-12-17-13-29-19-4-2-3-5-20(19)30-17/h2-11,17H,12-13H2,1H3,(H,25,28)/b11-10+. The van der Waals surface area contributed by atoms with Crippen molar-refractivity contribution in [2.24, 2.45) is 0 Å². The van der Waals surface area contributed by atoms with Gasteiger partial charge in [-0.05, 0) is 49.4 Å². The van der Waals surface area contributed by atoms with Crippen LogP contribution in [0, 0.1) is 12.7 Å². The summed E-state index contributed by atoms with van der Waals surface area (Å²) < 4.78 is 26.1. The van der Waals surface area contributed by atoms with Gasteiger partial charge in [-0.3, -0.25) is 4.79 Å². The SMILES string of the molecule is Cc1nn(-c2ccc(F)cc2)c(Cl)c1/C=C/C(=O)NCC1COc2ccccc2O1. The monoisotopic (exact) mass is 427 g/mol. The van der Waals surface area contributed by atoms with E-state index >= 15 is 0 Å². The average Bonchev–Trinajstić information content (AvgIpc) is 3.04. The summed E-state index contributed by atoms with van der Waals surface area (Å²) in [4.78, 5) is 12.2. The van der Waals surface area contributed by atoms with Gasteiger partial charge in [0.15, 0.2) is 11.5 Å². The van der Waals surface area contributed by atoms with Crippen LogP contribution in [0.2, 0.25) is 5.15 Å². The number of hydrogen-bond donors (Lipinski definition) is 1. The molecule has 2 heterocycles. The first kappa shape index (κ1) is 20.0. The number of amides is 1. The van der Waals surface area contributed by atoms with Crippen molar-refractivity contribution < 1.29 is 18.7 Å². The number of carbonyl (C=O) groups is 1. The van der Waals surface area contributed by atoms with Crippen molar-refractivity contribution in [1.29, 1.82) is 0 Å². The molecule has 1 aliphatic rings. The Kier molecular flexibility index (Phi) is 5.72. The normalized spacial score (nSPS) is 15.4. The summed E-state index contributed by atoms with van der Waals surface area (Å²) in [6.07, 6.45) is 2.72. The Morgan fingerprint density at radius 1 is 1.27 bits per heavy atom. The summed E-state index contributed by atoms with van der Waals surface area (Å²) in [5, 5.41) is 7.50. The lowest BCUT2D eigenvalue weighted by atomic mass is 10.2. The summed E-state index contributed by atoms with van der Waals surface area (Å²) in [6, 6.07) is 13.2. The van der Waals surface area contributed by atoms with Crippen LogP contribution in [-0.4, -0.2) is 34.9 Å². The lowest BCUT2D eigenvalue weighted by Gasteiger charge is -2.26. The predicted octanol–water partition coefficient (Wildman–Crippen LogP) is 3.94. The van der Waals surface area contributed by atoms with Gasteiger partial charge < -0.3 is 14.8 Å². The van der Waals surface area contributed by atoms with Gasteiger partial charge in [0, 0.05) is 11.6 Å². The first-order valence-electron chi connectivity index (χ1n) is 9.36. The van der Waals surface area contributed by atoms with Gasteiger partial charge in [-0.25, -0.2) is 9.07 Å². The molecule has 0 saturated carbocycles. The van der Waals surface area contributed by atoms with Crippen LogP contribution in [0.4, 0.5) is 4.39 Å². The van der Waals surface area contributed by atoms with E-state index in [9.17, 15) is 9.18 Å². The highest BCUT2D eigenvalue weighted by Gasteiger charge is 2.20. The first-order valence-corrected chi connectivity index (χ1v) is 9.74. The fourth-order valence-corrected chi connectivity index (χ4v) is 3.39. The second kappa shape index (κ2) is 8.59. The number of benzene rings is 2. The van der Waals surface area contributed by atoms with E-state index in [-0.39, 0.29) is 17.8 Å². The predicted molar refractivity (Wildman–Crippen MR) is 112 cm³/mol. The molecule has 4 rings (SSSR count). The van der Waals surface area contributed by atoms with E-state index in [2.05, 4.69) is 10.4 Å². The molecule has 1 aliphatic heterocycles. The Morgan fingerprint density at radius 2 is 2.00 bits per heavy atom. The minimum atomic E-state index is -0.341. The maximum Gasteiger partial charge on any atom is 0.244 e. The van der Waals surface area contributed by atoms with Gasteiger partial charge in [0.05, 0.1) is 17.9 Å². The number of para-hydroxylation sites is 2.